The number of hydroxylamine groups is 1. The SMILES string of the molecule is NC(C(=O)[C@H]1C[C@H](CCCCNc2ccccn2)ON1)[C@H](NS(=O)(=O)c1ccccc1)C(=O)O. The summed E-state index contributed by atoms with van der Waals surface area (Å²) in [6.45, 7) is 0.742. The number of carboxylic acid groups (broad SMARTS) is 1. The van der Waals surface area contributed by atoms with Crippen LogP contribution in [0.15, 0.2) is 59.6 Å². The Bertz CT molecular complexity index is 1050. The maximum Gasteiger partial charge on any atom is 0.323 e. The number of ketones is 1. The fourth-order valence-corrected chi connectivity index (χ4v) is 4.81. The number of nitrogens with zero attached hydrogens (tertiary/aromatic N) is 1. The van der Waals surface area contributed by atoms with Crippen LogP contribution in [0.4, 0.5) is 5.82 Å². The van der Waals surface area contributed by atoms with Gasteiger partial charge in [0.2, 0.25) is 10.0 Å². The molecule has 3 rings (SSSR count). The molecule has 11 nitrogen and oxygen atoms in total. The topological polar surface area (TPSA) is 173 Å². The molecule has 0 radical (unpaired) electrons. The van der Waals surface area contributed by atoms with Crippen molar-refractivity contribution in [3.05, 3.63) is 54.7 Å². The standard InChI is InChI=1S/C22H29N5O6S/c23-19(20(22(29)30)27-34(31,32)16-9-2-1-3-10-16)21(28)17-14-15(33-26-17)8-4-6-12-24-18-11-5-7-13-25-18/h1-3,5,7,9-11,13,15,17,19-20,26-27H,4,6,8,12,14,23H2,(H,24,25)(H,29,30)/t15-,17+,19?,20-/m0/s1. The van der Waals surface area contributed by atoms with Gasteiger partial charge in [-0.1, -0.05) is 24.3 Å². The Morgan fingerprint density at radius 2 is 1.91 bits per heavy atom. The molecule has 0 saturated carbocycles. The van der Waals surface area contributed by atoms with Crippen LogP contribution >= 0.6 is 0 Å². The van der Waals surface area contributed by atoms with Crippen LogP contribution < -0.4 is 21.3 Å². The van der Waals surface area contributed by atoms with Crippen molar-refractivity contribution < 1.29 is 28.0 Å². The number of aromatic nitrogens is 1. The number of benzene rings is 1. The van der Waals surface area contributed by atoms with E-state index in [9.17, 15) is 23.1 Å². The van der Waals surface area contributed by atoms with Crippen molar-refractivity contribution in [3.8, 4) is 0 Å². The molecule has 184 valence electrons. The number of nitrogens with two attached hydrogens (primary N) is 1. The number of nitrogens with one attached hydrogen (secondary N) is 3. The summed E-state index contributed by atoms with van der Waals surface area (Å²) in [6.07, 6.45) is 4.20. The van der Waals surface area contributed by atoms with Crippen LogP contribution in [-0.2, 0) is 24.4 Å². The second kappa shape index (κ2) is 12.0. The molecule has 1 aromatic carbocycles. The maximum absolute atomic E-state index is 12.8. The predicted octanol–water partition coefficient (Wildman–Crippen LogP) is 0.654. The van der Waals surface area contributed by atoms with Gasteiger partial charge in [0.1, 0.15) is 11.9 Å². The highest BCUT2D eigenvalue weighted by atomic mass is 32.2. The van der Waals surface area contributed by atoms with Gasteiger partial charge in [-0.15, -0.1) is 0 Å². The molecule has 0 amide bonds. The fourth-order valence-electron chi connectivity index (χ4n) is 3.58. The first-order valence-electron chi connectivity index (χ1n) is 10.9. The van der Waals surface area contributed by atoms with Gasteiger partial charge in [-0.2, -0.15) is 10.2 Å². The molecule has 4 atom stereocenters. The quantitative estimate of drug-likeness (QED) is 0.250. The molecule has 34 heavy (non-hydrogen) atoms. The lowest BCUT2D eigenvalue weighted by atomic mass is 9.95. The molecular formula is C22H29N5O6S. The Labute approximate surface area is 198 Å². The van der Waals surface area contributed by atoms with Gasteiger partial charge < -0.3 is 16.2 Å². The number of hydrogen-bond donors (Lipinski definition) is 5. The predicted molar refractivity (Wildman–Crippen MR) is 124 cm³/mol. The summed E-state index contributed by atoms with van der Waals surface area (Å²) in [6, 6.07) is 8.65. The summed E-state index contributed by atoms with van der Waals surface area (Å²) in [4.78, 5) is 34.1. The number of rotatable bonds is 13. The minimum absolute atomic E-state index is 0.124. The van der Waals surface area contributed by atoms with Crippen LogP contribution in [0.1, 0.15) is 25.7 Å². The van der Waals surface area contributed by atoms with Crippen molar-refractivity contribution in [2.24, 2.45) is 5.73 Å². The Hall–Kier alpha value is -2.90. The Kier molecular flexibility index (Phi) is 9.07. The molecule has 1 unspecified atom stereocenters. The summed E-state index contributed by atoms with van der Waals surface area (Å²) < 4.78 is 27.1. The third-order valence-electron chi connectivity index (χ3n) is 5.43. The zero-order valence-electron chi connectivity index (χ0n) is 18.5. The van der Waals surface area contributed by atoms with E-state index < -0.39 is 39.9 Å². The zero-order valence-corrected chi connectivity index (χ0v) is 19.3. The summed E-state index contributed by atoms with van der Waals surface area (Å²) in [7, 11) is -4.18. The largest absolute Gasteiger partial charge is 0.480 e. The summed E-state index contributed by atoms with van der Waals surface area (Å²) in [5.41, 5.74) is 8.52. The average molecular weight is 492 g/mol. The monoisotopic (exact) mass is 491 g/mol. The molecule has 12 heteroatoms. The number of carboxylic acids is 1. The molecule has 2 aromatic rings. The average Bonchev–Trinajstić information content (AvgIpc) is 3.31. The van der Waals surface area contributed by atoms with Crippen molar-refractivity contribution in [3.63, 3.8) is 0 Å². The van der Waals surface area contributed by atoms with E-state index in [2.05, 4.69) is 15.8 Å². The number of unbranched alkanes of at least 4 members (excludes halogenated alkanes) is 1. The Balaban J connectivity index is 1.47. The molecule has 0 bridgehead atoms. The van der Waals surface area contributed by atoms with Gasteiger partial charge in [0.15, 0.2) is 5.78 Å². The number of anilines is 1. The third kappa shape index (κ3) is 7.05. The lowest BCUT2D eigenvalue weighted by Crippen LogP contribution is -2.58. The van der Waals surface area contributed by atoms with Crippen molar-refractivity contribution in [2.45, 2.75) is 54.8 Å². The van der Waals surface area contributed by atoms with Crippen molar-refractivity contribution in [1.29, 1.82) is 0 Å². The van der Waals surface area contributed by atoms with Crippen molar-refractivity contribution >= 4 is 27.6 Å². The van der Waals surface area contributed by atoms with E-state index in [4.69, 9.17) is 10.6 Å². The lowest BCUT2D eigenvalue weighted by Gasteiger charge is -2.22. The molecule has 1 fully saturated rings. The summed E-state index contributed by atoms with van der Waals surface area (Å²) in [5.74, 6) is -1.38. The van der Waals surface area contributed by atoms with E-state index in [1.54, 1.807) is 12.3 Å². The Morgan fingerprint density at radius 1 is 1.18 bits per heavy atom. The summed E-state index contributed by atoms with van der Waals surface area (Å²) in [5, 5.41) is 12.7. The normalized spacial score (nSPS) is 19.9. The number of pyridine rings is 1. The van der Waals surface area contributed by atoms with Gasteiger partial charge in [0.05, 0.1) is 23.1 Å². The molecule has 0 aliphatic carbocycles. The minimum atomic E-state index is -4.18. The first-order valence-corrected chi connectivity index (χ1v) is 12.4. The number of sulfonamides is 1. The van der Waals surface area contributed by atoms with Gasteiger partial charge in [0.25, 0.3) is 0 Å². The van der Waals surface area contributed by atoms with E-state index in [0.29, 0.717) is 12.8 Å². The zero-order chi connectivity index (χ0) is 24.6. The fraction of sp³-hybridized carbons (Fsp3) is 0.409. The number of carbonyl (C=O) groups is 2. The molecule has 6 N–H and O–H groups in total. The van der Waals surface area contributed by atoms with E-state index >= 15 is 0 Å². The number of Topliss-reactive ketones (excluding diaryl/α,β-unsaturated/α-hetero) is 1. The van der Waals surface area contributed by atoms with Crippen LogP contribution in [-0.4, -0.2) is 61.0 Å². The third-order valence-corrected chi connectivity index (χ3v) is 6.89. The first-order chi connectivity index (χ1) is 16.3. The van der Waals surface area contributed by atoms with E-state index in [0.717, 1.165) is 25.2 Å². The highest BCUT2D eigenvalue weighted by molar-refractivity contribution is 7.89. The molecule has 0 spiro atoms. The molecule has 1 aliphatic rings. The smallest absolute Gasteiger partial charge is 0.323 e. The van der Waals surface area contributed by atoms with Crippen LogP contribution in [0.3, 0.4) is 0 Å². The molecule has 1 saturated heterocycles. The van der Waals surface area contributed by atoms with Gasteiger partial charge in [-0.25, -0.2) is 13.4 Å². The Morgan fingerprint density at radius 3 is 2.59 bits per heavy atom. The number of carbonyl (C=O) groups excluding carboxylic acids is 1. The summed E-state index contributed by atoms with van der Waals surface area (Å²) >= 11 is 0. The van der Waals surface area contributed by atoms with Crippen molar-refractivity contribution in [1.82, 2.24) is 15.2 Å². The molecule has 1 aliphatic heterocycles. The van der Waals surface area contributed by atoms with Gasteiger partial charge in [-0.05, 0) is 43.5 Å². The van der Waals surface area contributed by atoms with Crippen LogP contribution in [0.2, 0.25) is 0 Å². The van der Waals surface area contributed by atoms with E-state index in [1.165, 1.54) is 24.3 Å². The lowest BCUT2D eigenvalue weighted by molar-refractivity contribution is -0.141. The second-order valence-electron chi connectivity index (χ2n) is 7.96. The van der Waals surface area contributed by atoms with E-state index in [-0.39, 0.29) is 11.0 Å². The van der Waals surface area contributed by atoms with Crippen LogP contribution in [0.25, 0.3) is 0 Å². The van der Waals surface area contributed by atoms with Crippen LogP contribution in [0, 0.1) is 0 Å². The van der Waals surface area contributed by atoms with Gasteiger partial charge in [-0.3, -0.25) is 14.4 Å². The number of hydrogen-bond acceptors (Lipinski definition) is 9. The molecule has 1 aromatic heterocycles. The van der Waals surface area contributed by atoms with Gasteiger partial charge >= 0.3 is 5.97 Å². The highest BCUT2D eigenvalue weighted by Gasteiger charge is 2.40. The van der Waals surface area contributed by atoms with Crippen LogP contribution in [0.5, 0.6) is 0 Å². The number of aliphatic carboxylic acids is 1. The molecule has 2 heterocycles. The van der Waals surface area contributed by atoms with Gasteiger partial charge in [0, 0.05) is 19.2 Å². The van der Waals surface area contributed by atoms with Crippen molar-refractivity contribution in [2.75, 3.05) is 11.9 Å². The second-order valence-corrected chi connectivity index (χ2v) is 9.68. The highest BCUT2D eigenvalue weighted by Crippen LogP contribution is 2.19. The maximum atomic E-state index is 12.8. The minimum Gasteiger partial charge on any atom is -0.480 e. The van der Waals surface area contributed by atoms with E-state index in [1.807, 2.05) is 22.9 Å². The molecular weight excluding hydrogens is 462 g/mol. The first kappa shape index (κ1) is 25.7.